The van der Waals surface area contributed by atoms with Gasteiger partial charge in [-0.1, -0.05) is 37.3 Å². The number of urea groups is 1. The summed E-state index contributed by atoms with van der Waals surface area (Å²) in [5.74, 6) is -0.383. The zero-order valence-corrected chi connectivity index (χ0v) is 11.5. The summed E-state index contributed by atoms with van der Waals surface area (Å²) >= 11 is 0. The zero-order chi connectivity index (χ0) is 14.5. The molecule has 108 valence electrons. The molecule has 5 nitrogen and oxygen atoms in total. The van der Waals surface area contributed by atoms with Crippen LogP contribution in [0.5, 0.6) is 0 Å². The van der Waals surface area contributed by atoms with Gasteiger partial charge in [0.2, 0.25) is 0 Å². The molecular weight excluding hydrogens is 256 g/mol. The highest BCUT2D eigenvalue weighted by Crippen LogP contribution is 2.25. The van der Waals surface area contributed by atoms with E-state index < -0.39 is 18.0 Å². The first kappa shape index (κ1) is 14.4. The van der Waals surface area contributed by atoms with Crippen molar-refractivity contribution in [3.05, 3.63) is 35.9 Å². The molecule has 0 radical (unpaired) electrons. The van der Waals surface area contributed by atoms with Crippen LogP contribution in [0.4, 0.5) is 4.79 Å². The fourth-order valence-electron chi connectivity index (χ4n) is 2.46. The minimum absolute atomic E-state index is 0.177. The van der Waals surface area contributed by atoms with E-state index in [-0.39, 0.29) is 12.5 Å². The number of carbonyl (C=O) groups is 2. The van der Waals surface area contributed by atoms with Crippen LogP contribution in [0, 0.1) is 5.92 Å². The van der Waals surface area contributed by atoms with Gasteiger partial charge in [-0.15, -0.1) is 0 Å². The van der Waals surface area contributed by atoms with Crippen LogP contribution in [0.2, 0.25) is 0 Å². The highest BCUT2D eigenvalue weighted by molar-refractivity contribution is 5.82. The van der Waals surface area contributed by atoms with Crippen molar-refractivity contribution >= 4 is 12.0 Å². The summed E-state index contributed by atoms with van der Waals surface area (Å²) < 4.78 is 0. The van der Waals surface area contributed by atoms with Gasteiger partial charge in [0.05, 0.1) is 0 Å². The number of benzene rings is 1. The number of carboxylic acid groups (broad SMARTS) is 1. The topological polar surface area (TPSA) is 78.4 Å². The molecule has 2 amide bonds. The number of nitrogens with one attached hydrogen (secondary N) is 2. The second-order valence-electron chi connectivity index (χ2n) is 5.47. The van der Waals surface area contributed by atoms with Crippen molar-refractivity contribution in [2.24, 2.45) is 5.92 Å². The fraction of sp³-hybridized carbons (Fsp3) is 0.467. The van der Waals surface area contributed by atoms with Crippen LogP contribution >= 0.6 is 0 Å². The van der Waals surface area contributed by atoms with Crippen molar-refractivity contribution in [1.29, 1.82) is 0 Å². The summed E-state index contributed by atoms with van der Waals surface area (Å²) in [6.07, 6.45) is 2.21. The van der Waals surface area contributed by atoms with Crippen molar-refractivity contribution in [3.8, 4) is 0 Å². The summed E-state index contributed by atoms with van der Waals surface area (Å²) in [7, 11) is 0. The maximum atomic E-state index is 11.8. The third-order valence-corrected chi connectivity index (χ3v) is 3.60. The quantitative estimate of drug-likeness (QED) is 0.767. The zero-order valence-electron chi connectivity index (χ0n) is 11.5. The molecule has 1 aromatic carbocycles. The standard InChI is InChI=1S/C15H20N2O3/c1-10-7-12(8-10)16-15(20)17-13(14(18)19)9-11-5-3-2-4-6-11/h2-6,10,12-13H,7-9H2,1H3,(H,18,19)(H2,16,17,20). The second-order valence-corrected chi connectivity index (χ2v) is 5.47. The van der Waals surface area contributed by atoms with Crippen LogP contribution < -0.4 is 10.6 Å². The Morgan fingerprint density at radius 3 is 2.50 bits per heavy atom. The van der Waals surface area contributed by atoms with E-state index in [1.54, 1.807) is 0 Å². The normalized spacial score (nSPS) is 22.4. The molecule has 1 fully saturated rings. The van der Waals surface area contributed by atoms with Crippen LogP contribution in [0.25, 0.3) is 0 Å². The number of rotatable bonds is 5. The summed E-state index contributed by atoms with van der Waals surface area (Å²) in [5, 5.41) is 14.5. The summed E-state index contributed by atoms with van der Waals surface area (Å²) in [6.45, 7) is 2.13. The molecule has 3 N–H and O–H groups in total. The molecule has 1 unspecified atom stereocenters. The fourth-order valence-corrected chi connectivity index (χ4v) is 2.46. The lowest BCUT2D eigenvalue weighted by atomic mass is 9.82. The van der Waals surface area contributed by atoms with Crippen molar-refractivity contribution in [2.45, 2.75) is 38.3 Å². The molecule has 0 spiro atoms. The summed E-state index contributed by atoms with van der Waals surface area (Å²) in [5.41, 5.74) is 0.887. The molecule has 20 heavy (non-hydrogen) atoms. The van der Waals surface area contributed by atoms with Gasteiger partial charge in [0, 0.05) is 12.5 Å². The highest BCUT2D eigenvalue weighted by Gasteiger charge is 2.28. The molecule has 1 aliphatic carbocycles. The van der Waals surface area contributed by atoms with E-state index in [1.807, 2.05) is 30.3 Å². The predicted octanol–water partition coefficient (Wildman–Crippen LogP) is 1.78. The number of carboxylic acids is 1. The number of aliphatic carboxylic acids is 1. The van der Waals surface area contributed by atoms with Gasteiger partial charge in [0.25, 0.3) is 0 Å². The molecule has 1 aliphatic rings. The molecule has 0 bridgehead atoms. The van der Waals surface area contributed by atoms with Crippen molar-refractivity contribution in [2.75, 3.05) is 0 Å². The monoisotopic (exact) mass is 276 g/mol. The molecule has 0 heterocycles. The van der Waals surface area contributed by atoms with E-state index >= 15 is 0 Å². The van der Waals surface area contributed by atoms with Gasteiger partial charge < -0.3 is 15.7 Å². The van der Waals surface area contributed by atoms with Gasteiger partial charge in [0.15, 0.2) is 0 Å². The second kappa shape index (κ2) is 6.41. The minimum Gasteiger partial charge on any atom is -0.480 e. The first-order valence-corrected chi connectivity index (χ1v) is 6.88. The first-order chi connectivity index (χ1) is 9.54. The Labute approximate surface area is 118 Å². The van der Waals surface area contributed by atoms with E-state index in [2.05, 4.69) is 17.6 Å². The van der Waals surface area contributed by atoms with Crippen LogP contribution in [0.1, 0.15) is 25.3 Å². The molecule has 1 aromatic rings. The molecular formula is C15H20N2O3. The SMILES string of the molecule is CC1CC(NC(=O)NC(Cc2ccccc2)C(=O)O)C1. The predicted molar refractivity (Wildman–Crippen MR) is 75.4 cm³/mol. The van der Waals surface area contributed by atoms with E-state index in [0.717, 1.165) is 18.4 Å². The lowest BCUT2D eigenvalue weighted by Crippen LogP contribution is -2.52. The maximum absolute atomic E-state index is 11.8. The Kier molecular flexibility index (Phi) is 4.61. The van der Waals surface area contributed by atoms with Crippen LogP contribution in [0.3, 0.4) is 0 Å². The smallest absolute Gasteiger partial charge is 0.326 e. The Morgan fingerprint density at radius 2 is 1.95 bits per heavy atom. The van der Waals surface area contributed by atoms with E-state index in [9.17, 15) is 14.7 Å². The lowest BCUT2D eigenvalue weighted by Gasteiger charge is -2.33. The number of carbonyl (C=O) groups excluding carboxylic acids is 1. The van der Waals surface area contributed by atoms with Crippen molar-refractivity contribution in [1.82, 2.24) is 10.6 Å². The summed E-state index contributed by atoms with van der Waals surface area (Å²) in [6, 6.07) is 8.15. The molecule has 1 atom stereocenters. The Bertz CT molecular complexity index is 469. The number of hydrogen-bond donors (Lipinski definition) is 3. The molecule has 2 rings (SSSR count). The van der Waals surface area contributed by atoms with Gasteiger partial charge in [0.1, 0.15) is 6.04 Å². The van der Waals surface area contributed by atoms with Crippen molar-refractivity contribution < 1.29 is 14.7 Å². The highest BCUT2D eigenvalue weighted by atomic mass is 16.4. The third kappa shape index (κ3) is 3.98. The van der Waals surface area contributed by atoms with E-state index in [4.69, 9.17) is 0 Å². The Morgan fingerprint density at radius 1 is 1.30 bits per heavy atom. The number of hydrogen-bond acceptors (Lipinski definition) is 2. The Hall–Kier alpha value is -2.04. The van der Waals surface area contributed by atoms with Gasteiger partial charge in [-0.05, 0) is 24.3 Å². The molecule has 1 saturated carbocycles. The molecule has 5 heteroatoms. The average molecular weight is 276 g/mol. The number of amides is 2. The van der Waals surface area contributed by atoms with Crippen molar-refractivity contribution in [3.63, 3.8) is 0 Å². The minimum atomic E-state index is -1.02. The van der Waals surface area contributed by atoms with Crippen LogP contribution in [-0.4, -0.2) is 29.2 Å². The molecule has 0 saturated heterocycles. The van der Waals surface area contributed by atoms with E-state index in [1.165, 1.54) is 0 Å². The molecule has 0 aromatic heterocycles. The first-order valence-electron chi connectivity index (χ1n) is 6.88. The third-order valence-electron chi connectivity index (χ3n) is 3.60. The van der Waals surface area contributed by atoms with Gasteiger partial charge >= 0.3 is 12.0 Å². The Balaban J connectivity index is 1.85. The van der Waals surface area contributed by atoms with Crippen LogP contribution in [0.15, 0.2) is 30.3 Å². The average Bonchev–Trinajstić information content (AvgIpc) is 2.37. The van der Waals surface area contributed by atoms with Gasteiger partial charge in [-0.2, -0.15) is 0 Å². The van der Waals surface area contributed by atoms with Gasteiger partial charge in [-0.3, -0.25) is 0 Å². The van der Waals surface area contributed by atoms with E-state index in [0.29, 0.717) is 5.92 Å². The summed E-state index contributed by atoms with van der Waals surface area (Å²) in [4.78, 5) is 23.0. The lowest BCUT2D eigenvalue weighted by molar-refractivity contribution is -0.139. The van der Waals surface area contributed by atoms with Gasteiger partial charge in [-0.25, -0.2) is 9.59 Å². The largest absolute Gasteiger partial charge is 0.480 e. The maximum Gasteiger partial charge on any atom is 0.326 e. The van der Waals surface area contributed by atoms with Crippen LogP contribution in [-0.2, 0) is 11.2 Å². The molecule has 0 aliphatic heterocycles.